The summed E-state index contributed by atoms with van der Waals surface area (Å²) in [6.07, 6.45) is 1.52. The van der Waals surface area contributed by atoms with Crippen molar-refractivity contribution in [3.63, 3.8) is 0 Å². The molecule has 4 amide bonds. The minimum Gasteiger partial charge on any atom is -0.497 e. The molecule has 0 aromatic heterocycles. The van der Waals surface area contributed by atoms with Gasteiger partial charge in [0.1, 0.15) is 12.3 Å². The number of carbonyl (C=O) groups excluding carboxylic acids is 4. The van der Waals surface area contributed by atoms with Crippen LogP contribution in [0.2, 0.25) is 0 Å². The number of halogens is 1. The first-order valence-electron chi connectivity index (χ1n) is 11.8. The lowest BCUT2D eigenvalue weighted by Gasteiger charge is -2.14. The van der Waals surface area contributed by atoms with Crippen LogP contribution in [0.15, 0.2) is 76.1 Å². The Morgan fingerprint density at radius 2 is 1.60 bits per heavy atom. The summed E-state index contributed by atoms with van der Waals surface area (Å²) in [6, 6.07) is 18.9. The fourth-order valence-corrected chi connectivity index (χ4v) is 5.04. The van der Waals surface area contributed by atoms with Crippen LogP contribution in [0.5, 0.6) is 17.2 Å². The number of nitrogens with one attached hydrogen (secondary N) is 2. The second-order valence-corrected chi connectivity index (χ2v) is 10.1. The molecule has 0 unspecified atom stereocenters. The number of rotatable bonds is 10. The van der Waals surface area contributed by atoms with Crippen molar-refractivity contribution in [1.82, 2.24) is 4.90 Å². The van der Waals surface area contributed by atoms with Crippen LogP contribution >= 0.6 is 27.7 Å². The zero-order valence-corrected chi connectivity index (χ0v) is 23.8. The maximum atomic E-state index is 12.9. The molecule has 2 N–H and O–H groups in total. The van der Waals surface area contributed by atoms with E-state index in [1.54, 1.807) is 60.7 Å². The Bertz CT molecular complexity index is 1460. The van der Waals surface area contributed by atoms with Gasteiger partial charge in [0.05, 0.1) is 23.6 Å². The van der Waals surface area contributed by atoms with Crippen LogP contribution in [0.4, 0.5) is 16.2 Å². The Kier molecular flexibility index (Phi) is 9.46. The van der Waals surface area contributed by atoms with Crippen LogP contribution in [-0.4, -0.2) is 55.2 Å². The second-order valence-electron chi connectivity index (χ2n) is 8.28. The monoisotopic (exact) mass is 625 g/mol. The van der Waals surface area contributed by atoms with Gasteiger partial charge in [-0.15, -0.1) is 0 Å². The number of methoxy groups -OCH3 is 2. The van der Waals surface area contributed by atoms with Crippen LogP contribution in [0.3, 0.4) is 0 Å². The number of hydrogen-bond donors (Lipinski definition) is 2. The smallest absolute Gasteiger partial charge is 0.294 e. The molecule has 0 atom stereocenters. The molecule has 1 saturated heterocycles. The van der Waals surface area contributed by atoms with Gasteiger partial charge in [0.25, 0.3) is 17.1 Å². The third-order valence-electron chi connectivity index (χ3n) is 5.50. The van der Waals surface area contributed by atoms with E-state index in [2.05, 4.69) is 26.6 Å². The minimum absolute atomic E-state index is 0.145. The van der Waals surface area contributed by atoms with Crippen LogP contribution in [0.1, 0.15) is 5.56 Å². The van der Waals surface area contributed by atoms with Gasteiger partial charge in [-0.3, -0.25) is 24.1 Å². The quantitative estimate of drug-likeness (QED) is 0.296. The third-order valence-corrected chi connectivity index (χ3v) is 7.00. The number of imide groups is 1. The van der Waals surface area contributed by atoms with E-state index < -0.39 is 23.6 Å². The van der Waals surface area contributed by atoms with Crippen LogP contribution in [0, 0.1) is 0 Å². The lowest BCUT2D eigenvalue weighted by atomic mass is 10.2. The highest BCUT2D eigenvalue weighted by Crippen LogP contribution is 2.39. The molecule has 1 fully saturated rings. The number of amides is 4. The number of nitrogens with zero attached hydrogens (tertiary/aromatic N) is 1. The van der Waals surface area contributed by atoms with Crippen molar-refractivity contribution < 1.29 is 33.4 Å². The van der Waals surface area contributed by atoms with E-state index in [1.165, 1.54) is 20.3 Å². The summed E-state index contributed by atoms with van der Waals surface area (Å²) in [4.78, 5) is 51.2. The average molecular weight is 626 g/mol. The summed E-state index contributed by atoms with van der Waals surface area (Å²) >= 11 is 4.15. The van der Waals surface area contributed by atoms with E-state index in [4.69, 9.17) is 14.2 Å². The minimum atomic E-state index is -0.590. The van der Waals surface area contributed by atoms with Crippen LogP contribution in [0.25, 0.3) is 6.08 Å². The van der Waals surface area contributed by atoms with Gasteiger partial charge in [-0.2, -0.15) is 0 Å². The Balaban J connectivity index is 1.41. The summed E-state index contributed by atoms with van der Waals surface area (Å²) in [6.45, 7) is -0.695. The first-order valence-corrected chi connectivity index (χ1v) is 13.4. The Morgan fingerprint density at radius 3 is 2.27 bits per heavy atom. The van der Waals surface area contributed by atoms with E-state index in [-0.39, 0.29) is 17.4 Å². The topological polar surface area (TPSA) is 123 Å². The molecule has 0 aliphatic carbocycles. The number of carbonyl (C=O) groups is 4. The van der Waals surface area contributed by atoms with E-state index >= 15 is 0 Å². The number of para-hydroxylation sites is 1. The highest BCUT2D eigenvalue weighted by molar-refractivity contribution is 9.10. The number of ether oxygens (including phenoxy) is 3. The number of thioether (sulfide) groups is 1. The van der Waals surface area contributed by atoms with E-state index in [0.717, 1.165) is 16.7 Å². The molecule has 0 saturated carbocycles. The lowest BCUT2D eigenvalue weighted by molar-refractivity contribution is -0.127. The van der Waals surface area contributed by atoms with Gasteiger partial charge in [-0.25, -0.2) is 0 Å². The molecule has 40 heavy (non-hydrogen) atoms. The lowest BCUT2D eigenvalue weighted by Crippen LogP contribution is -2.36. The predicted octanol–water partition coefficient (Wildman–Crippen LogP) is 5.16. The first-order chi connectivity index (χ1) is 19.3. The standard InChI is InChI=1S/C28H24BrN3O7S/c1-37-20-10-8-19(9-11-20)30-24(33)15-32-27(35)23(40-28(32)36)14-17-12-21(29)26(22(13-17)38-2)39-16-25(34)31-18-6-4-3-5-7-18/h3-14H,15-16H2,1-2H3,(H,30,33)(H,31,34)/b23-14+. The Labute approximate surface area is 242 Å². The fraction of sp³-hybridized carbons (Fsp3) is 0.143. The highest BCUT2D eigenvalue weighted by atomic mass is 79.9. The number of anilines is 2. The van der Waals surface area contributed by atoms with Crippen molar-refractivity contribution in [2.24, 2.45) is 0 Å². The van der Waals surface area contributed by atoms with Gasteiger partial charge in [0, 0.05) is 11.4 Å². The van der Waals surface area contributed by atoms with Gasteiger partial charge >= 0.3 is 0 Å². The zero-order valence-electron chi connectivity index (χ0n) is 21.4. The maximum absolute atomic E-state index is 12.9. The summed E-state index contributed by atoms with van der Waals surface area (Å²) in [5, 5.41) is 4.83. The van der Waals surface area contributed by atoms with Crippen molar-refractivity contribution >= 4 is 68.1 Å². The molecular weight excluding hydrogens is 602 g/mol. The molecule has 1 aliphatic rings. The normalized spacial score (nSPS) is 13.8. The van der Waals surface area contributed by atoms with E-state index in [1.807, 2.05) is 6.07 Å². The van der Waals surface area contributed by atoms with Gasteiger partial charge in [0.2, 0.25) is 5.91 Å². The number of benzene rings is 3. The van der Waals surface area contributed by atoms with Gasteiger partial charge in [-0.05, 0) is 87.9 Å². The van der Waals surface area contributed by atoms with Crippen molar-refractivity contribution in [2.45, 2.75) is 0 Å². The molecule has 12 heteroatoms. The molecule has 3 aromatic rings. The molecule has 0 bridgehead atoms. The second kappa shape index (κ2) is 13.2. The first kappa shape index (κ1) is 28.7. The molecule has 1 heterocycles. The molecule has 10 nitrogen and oxygen atoms in total. The predicted molar refractivity (Wildman–Crippen MR) is 156 cm³/mol. The average Bonchev–Trinajstić information content (AvgIpc) is 3.20. The zero-order chi connectivity index (χ0) is 28.6. The largest absolute Gasteiger partial charge is 0.497 e. The highest BCUT2D eigenvalue weighted by Gasteiger charge is 2.36. The van der Waals surface area contributed by atoms with E-state index in [9.17, 15) is 19.2 Å². The molecule has 0 radical (unpaired) electrons. The Morgan fingerprint density at radius 1 is 0.925 bits per heavy atom. The molecule has 206 valence electrons. The van der Waals surface area contributed by atoms with Crippen LogP contribution < -0.4 is 24.8 Å². The summed E-state index contributed by atoms with van der Waals surface area (Å²) in [7, 11) is 2.98. The molecule has 1 aliphatic heterocycles. The van der Waals surface area contributed by atoms with Crippen molar-refractivity contribution in [3.05, 3.63) is 81.7 Å². The molecule has 0 spiro atoms. The summed E-state index contributed by atoms with van der Waals surface area (Å²) < 4.78 is 16.7. The molecule has 4 rings (SSSR count). The van der Waals surface area contributed by atoms with Crippen molar-refractivity contribution in [3.8, 4) is 17.2 Å². The van der Waals surface area contributed by atoms with E-state index in [0.29, 0.717) is 38.7 Å². The van der Waals surface area contributed by atoms with Crippen molar-refractivity contribution in [1.29, 1.82) is 0 Å². The van der Waals surface area contributed by atoms with Gasteiger partial charge < -0.3 is 24.8 Å². The SMILES string of the molecule is COc1ccc(NC(=O)CN2C(=O)S/C(=C/c3cc(Br)c(OCC(=O)Nc4ccccc4)c(OC)c3)C2=O)cc1. The molecular formula is C28H24BrN3O7S. The van der Waals surface area contributed by atoms with Gasteiger partial charge in [-0.1, -0.05) is 18.2 Å². The van der Waals surface area contributed by atoms with Crippen LogP contribution in [-0.2, 0) is 14.4 Å². The number of hydrogen-bond acceptors (Lipinski definition) is 8. The molecule has 3 aromatic carbocycles. The Hall–Kier alpha value is -4.29. The summed E-state index contributed by atoms with van der Waals surface area (Å²) in [5.74, 6) is -0.222. The summed E-state index contributed by atoms with van der Waals surface area (Å²) in [5.41, 5.74) is 1.69. The maximum Gasteiger partial charge on any atom is 0.294 e. The third kappa shape index (κ3) is 7.21. The fourth-order valence-electron chi connectivity index (χ4n) is 3.63. The van der Waals surface area contributed by atoms with Crippen molar-refractivity contribution in [2.75, 3.05) is 38.0 Å². The van der Waals surface area contributed by atoms with Gasteiger partial charge in [0.15, 0.2) is 18.1 Å².